The van der Waals surface area contributed by atoms with E-state index in [0.717, 1.165) is 25.3 Å². The number of amides is 1. The van der Waals surface area contributed by atoms with Crippen molar-refractivity contribution in [3.05, 3.63) is 65.5 Å². The zero-order valence-corrected chi connectivity index (χ0v) is 17.7. The van der Waals surface area contributed by atoms with Crippen molar-refractivity contribution in [2.24, 2.45) is 0 Å². The van der Waals surface area contributed by atoms with Crippen molar-refractivity contribution in [1.29, 1.82) is 0 Å². The Labute approximate surface area is 176 Å². The summed E-state index contributed by atoms with van der Waals surface area (Å²) in [6, 6.07) is 14.1. The minimum atomic E-state index is -0.349. The number of nitrogens with zero attached hydrogens (tertiary/aromatic N) is 3. The van der Waals surface area contributed by atoms with E-state index >= 15 is 0 Å². The molecule has 1 aliphatic rings. The lowest BCUT2D eigenvalue weighted by atomic mass is 10.1. The van der Waals surface area contributed by atoms with E-state index in [2.05, 4.69) is 16.7 Å². The van der Waals surface area contributed by atoms with Gasteiger partial charge in [-0.25, -0.2) is 9.18 Å². The SMILES string of the molecule is COC(=O)c1ccc(N2CCN(CC(=O)N(C)Cc3ccccc3F)C(C)C2)cc1. The van der Waals surface area contributed by atoms with Gasteiger partial charge in [0.15, 0.2) is 0 Å². The van der Waals surface area contributed by atoms with Crippen LogP contribution < -0.4 is 4.90 Å². The average Bonchev–Trinajstić information content (AvgIpc) is 2.76. The molecule has 2 aromatic carbocycles. The lowest BCUT2D eigenvalue weighted by Crippen LogP contribution is -2.54. The number of halogens is 1. The van der Waals surface area contributed by atoms with Crippen molar-refractivity contribution in [2.45, 2.75) is 19.5 Å². The number of benzene rings is 2. The van der Waals surface area contributed by atoms with E-state index in [0.29, 0.717) is 17.7 Å². The van der Waals surface area contributed by atoms with E-state index < -0.39 is 0 Å². The highest BCUT2D eigenvalue weighted by molar-refractivity contribution is 5.89. The summed E-state index contributed by atoms with van der Waals surface area (Å²) >= 11 is 0. The van der Waals surface area contributed by atoms with Crippen LogP contribution in [-0.4, -0.2) is 68.1 Å². The summed E-state index contributed by atoms with van der Waals surface area (Å²) < 4.78 is 18.6. The van der Waals surface area contributed by atoms with Gasteiger partial charge in [-0.2, -0.15) is 0 Å². The fourth-order valence-corrected chi connectivity index (χ4v) is 3.66. The topological polar surface area (TPSA) is 53.1 Å². The molecular weight excluding hydrogens is 385 g/mol. The van der Waals surface area contributed by atoms with Gasteiger partial charge in [0.25, 0.3) is 0 Å². The van der Waals surface area contributed by atoms with Crippen LogP contribution in [0.4, 0.5) is 10.1 Å². The number of likely N-dealkylation sites (N-methyl/N-ethyl adjacent to an activating group) is 1. The van der Waals surface area contributed by atoms with Crippen LogP contribution in [0.15, 0.2) is 48.5 Å². The predicted octanol–water partition coefficient (Wildman–Crippen LogP) is 2.78. The predicted molar refractivity (Wildman–Crippen MR) is 114 cm³/mol. The minimum Gasteiger partial charge on any atom is -0.465 e. The van der Waals surface area contributed by atoms with Crippen molar-refractivity contribution in [3.8, 4) is 0 Å². The molecule has 30 heavy (non-hydrogen) atoms. The molecule has 0 aromatic heterocycles. The van der Waals surface area contributed by atoms with Gasteiger partial charge in [0.05, 0.1) is 19.2 Å². The molecule has 1 amide bonds. The summed E-state index contributed by atoms with van der Waals surface area (Å²) in [4.78, 5) is 30.2. The van der Waals surface area contributed by atoms with Crippen LogP contribution >= 0.6 is 0 Å². The Hall–Kier alpha value is -2.93. The molecule has 2 aromatic rings. The van der Waals surface area contributed by atoms with E-state index in [1.165, 1.54) is 13.2 Å². The van der Waals surface area contributed by atoms with Crippen LogP contribution in [0.1, 0.15) is 22.8 Å². The van der Waals surface area contributed by atoms with Crippen molar-refractivity contribution >= 4 is 17.6 Å². The Kier molecular flexibility index (Phi) is 7.05. The molecule has 0 N–H and O–H groups in total. The maximum Gasteiger partial charge on any atom is 0.337 e. The van der Waals surface area contributed by atoms with Crippen LogP contribution in [-0.2, 0) is 16.1 Å². The summed E-state index contributed by atoms with van der Waals surface area (Å²) in [5, 5.41) is 0. The summed E-state index contributed by atoms with van der Waals surface area (Å²) in [6.07, 6.45) is 0. The lowest BCUT2D eigenvalue weighted by molar-refractivity contribution is -0.132. The van der Waals surface area contributed by atoms with Gasteiger partial charge >= 0.3 is 5.97 Å². The van der Waals surface area contributed by atoms with Crippen LogP contribution in [0.5, 0.6) is 0 Å². The van der Waals surface area contributed by atoms with E-state index in [1.807, 2.05) is 12.1 Å². The molecule has 1 saturated heterocycles. The third kappa shape index (κ3) is 5.16. The maximum atomic E-state index is 13.8. The molecule has 160 valence electrons. The van der Waals surface area contributed by atoms with E-state index in [9.17, 15) is 14.0 Å². The molecule has 0 spiro atoms. The Bertz CT molecular complexity index is 888. The minimum absolute atomic E-state index is 0.0269. The molecule has 1 unspecified atom stereocenters. The third-order valence-corrected chi connectivity index (χ3v) is 5.55. The van der Waals surface area contributed by atoms with Gasteiger partial charge in [-0.3, -0.25) is 9.69 Å². The largest absolute Gasteiger partial charge is 0.465 e. The van der Waals surface area contributed by atoms with Gasteiger partial charge in [-0.05, 0) is 37.3 Å². The number of carbonyl (C=O) groups excluding carboxylic acids is 2. The van der Waals surface area contributed by atoms with Gasteiger partial charge in [-0.1, -0.05) is 18.2 Å². The molecule has 6 nitrogen and oxygen atoms in total. The molecule has 1 aliphatic heterocycles. The maximum absolute atomic E-state index is 13.8. The van der Waals surface area contributed by atoms with Crippen molar-refractivity contribution < 1.29 is 18.7 Å². The standard InChI is InChI=1S/C23H28FN3O3/c1-17-14-27(20-10-8-18(9-11-20)23(29)30-3)13-12-26(17)16-22(28)25(2)15-19-6-4-5-7-21(19)24/h4-11,17H,12-16H2,1-3H3. The Morgan fingerprint density at radius 2 is 1.83 bits per heavy atom. The van der Waals surface area contributed by atoms with Gasteiger partial charge in [-0.15, -0.1) is 0 Å². The highest BCUT2D eigenvalue weighted by Gasteiger charge is 2.26. The fourth-order valence-electron chi connectivity index (χ4n) is 3.66. The number of carbonyl (C=O) groups is 2. The first-order valence-corrected chi connectivity index (χ1v) is 10.0. The molecule has 7 heteroatoms. The number of hydrogen-bond acceptors (Lipinski definition) is 5. The average molecular weight is 413 g/mol. The Balaban J connectivity index is 1.54. The lowest BCUT2D eigenvalue weighted by Gasteiger charge is -2.41. The molecule has 0 radical (unpaired) electrons. The second-order valence-corrected chi connectivity index (χ2v) is 7.65. The highest BCUT2D eigenvalue weighted by Crippen LogP contribution is 2.20. The number of methoxy groups -OCH3 is 1. The van der Waals surface area contributed by atoms with E-state index in [-0.39, 0.29) is 30.3 Å². The van der Waals surface area contributed by atoms with Crippen molar-refractivity contribution in [3.63, 3.8) is 0 Å². The van der Waals surface area contributed by atoms with Gasteiger partial charge < -0.3 is 14.5 Å². The number of hydrogen-bond donors (Lipinski definition) is 0. The van der Waals surface area contributed by atoms with Crippen molar-refractivity contribution in [2.75, 3.05) is 45.2 Å². The number of esters is 1. The molecule has 0 bridgehead atoms. The number of anilines is 1. The van der Waals surface area contributed by atoms with E-state index in [4.69, 9.17) is 4.74 Å². The second-order valence-electron chi connectivity index (χ2n) is 7.65. The highest BCUT2D eigenvalue weighted by atomic mass is 19.1. The van der Waals surface area contributed by atoms with Gasteiger partial charge in [0.1, 0.15) is 5.82 Å². The molecule has 0 aliphatic carbocycles. The number of piperazine rings is 1. The van der Waals surface area contributed by atoms with Crippen LogP contribution in [0, 0.1) is 5.82 Å². The quantitative estimate of drug-likeness (QED) is 0.682. The first-order valence-electron chi connectivity index (χ1n) is 10.0. The van der Waals surface area contributed by atoms with Gasteiger partial charge in [0, 0.05) is 50.5 Å². The smallest absolute Gasteiger partial charge is 0.337 e. The van der Waals surface area contributed by atoms with Crippen molar-refractivity contribution in [1.82, 2.24) is 9.80 Å². The van der Waals surface area contributed by atoms with Crippen LogP contribution in [0.25, 0.3) is 0 Å². The summed E-state index contributed by atoms with van der Waals surface area (Å²) in [7, 11) is 3.07. The molecule has 1 atom stereocenters. The summed E-state index contributed by atoms with van der Waals surface area (Å²) in [5.74, 6) is -0.670. The third-order valence-electron chi connectivity index (χ3n) is 5.55. The molecule has 1 fully saturated rings. The number of ether oxygens (including phenoxy) is 1. The fraction of sp³-hybridized carbons (Fsp3) is 0.391. The van der Waals surface area contributed by atoms with Gasteiger partial charge in [0.2, 0.25) is 5.91 Å². The first-order chi connectivity index (χ1) is 14.4. The van der Waals surface area contributed by atoms with Crippen LogP contribution in [0.2, 0.25) is 0 Å². The summed E-state index contributed by atoms with van der Waals surface area (Å²) in [6.45, 7) is 4.97. The van der Waals surface area contributed by atoms with E-state index in [1.54, 1.807) is 42.3 Å². The zero-order valence-electron chi connectivity index (χ0n) is 17.7. The Morgan fingerprint density at radius 1 is 1.13 bits per heavy atom. The molecule has 1 heterocycles. The zero-order chi connectivity index (χ0) is 21.7. The summed E-state index contributed by atoms with van der Waals surface area (Å²) in [5.41, 5.74) is 2.08. The van der Waals surface area contributed by atoms with Crippen LogP contribution in [0.3, 0.4) is 0 Å². The molecule has 3 rings (SSSR count). The molecular formula is C23H28FN3O3. The second kappa shape index (κ2) is 9.71. The first kappa shape index (κ1) is 21.8. The normalized spacial score (nSPS) is 16.9. The Morgan fingerprint density at radius 3 is 2.47 bits per heavy atom. The molecule has 0 saturated carbocycles. The monoisotopic (exact) mass is 413 g/mol. The number of rotatable bonds is 6.